The molecule has 4 aromatic rings. The molecule has 1 aliphatic carbocycles. The number of hydrogen-bond donors (Lipinski definition) is 2. The average molecular weight is 443 g/mol. The zero-order valence-corrected chi connectivity index (χ0v) is 18.5. The molecule has 0 amide bonds. The minimum absolute atomic E-state index is 0.190. The SMILES string of the molecule is C=Cc1ccccc1Nc1ccc(Nc2ccccc2C=C)c2c1C(=O)c1ccccc1C2=O. The molecule has 1 aliphatic rings. The molecule has 4 aromatic carbocycles. The van der Waals surface area contributed by atoms with Gasteiger partial charge in [-0.1, -0.05) is 86.0 Å². The third-order valence-electron chi connectivity index (χ3n) is 5.98. The highest BCUT2D eigenvalue weighted by Gasteiger charge is 2.34. The molecule has 0 unspecified atom stereocenters. The number of anilines is 4. The summed E-state index contributed by atoms with van der Waals surface area (Å²) in [7, 11) is 0. The largest absolute Gasteiger partial charge is 0.354 e. The van der Waals surface area contributed by atoms with E-state index in [1.807, 2.05) is 60.7 Å². The third-order valence-corrected chi connectivity index (χ3v) is 5.98. The predicted molar refractivity (Wildman–Crippen MR) is 139 cm³/mol. The summed E-state index contributed by atoms with van der Waals surface area (Å²) in [5.74, 6) is -0.381. The van der Waals surface area contributed by atoms with Gasteiger partial charge in [-0.15, -0.1) is 0 Å². The van der Waals surface area contributed by atoms with Gasteiger partial charge in [0.25, 0.3) is 0 Å². The van der Waals surface area contributed by atoms with Gasteiger partial charge in [0.2, 0.25) is 0 Å². The summed E-state index contributed by atoms with van der Waals surface area (Å²) in [6.45, 7) is 7.75. The van der Waals surface area contributed by atoms with E-state index in [9.17, 15) is 9.59 Å². The maximum Gasteiger partial charge on any atom is 0.196 e. The maximum atomic E-state index is 13.7. The molecule has 0 spiro atoms. The number of para-hydroxylation sites is 2. The number of ketones is 2. The summed E-state index contributed by atoms with van der Waals surface area (Å²) < 4.78 is 0. The van der Waals surface area contributed by atoms with Crippen LogP contribution >= 0.6 is 0 Å². The van der Waals surface area contributed by atoms with Crippen molar-refractivity contribution in [3.05, 3.63) is 131 Å². The highest BCUT2D eigenvalue weighted by Crippen LogP contribution is 2.39. The van der Waals surface area contributed by atoms with Crippen molar-refractivity contribution in [1.82, 2.24) is 0 Å². The highest BCUT2D eigenvalue weighted by molar-refractivity contribution is 6.32. The summed E-state index contributed by atoms with van der Waals surface area (Å²) in [5, 5.41) is 6.72. The Morgan fingerprint density at radius 1 is 0.500 bits per heavy atom. The Hall–Kier alpha value is -4.70. The number of fused-ring (bicyclic) bond motifs is 2. The lowest BCUT2D eigenvalue weighted by molar-refractivity contribution is 0.0980. The van der Waals surface area contributed by atoms with Crippen LogP contribution in [0.15, 0.2) is 98.1 Å². The first-order chi connectivity index (χ1) is 16.6. The van der Waals surface area contributed by atoms with Gasteiger partial charge < -0.3 is 10.6 Å². The molecular formula is C30H22N2O2. The highest BCUT2D eigenvalue weighted by atomic mass is 16.1. The van der Waals surface area contributed by atoms with E-state index in [1.165, 1.54) is 0 Å². The van der Waals surface area contributed by atoms with E-state index in [4.69, 9.17) is 0 Å². The first-order valence-electron chi connectivity index (χ1n) is 10.9. The van der Waals surface area contributed by atoms with Gasteiger partial charge >= 0.3 is 0 Å². The van der Waals surface area contributed by atoms with Crippen molar-refractivity contribution in [3.8, 4) is 0 Å². The molecule has 0 fully saturated rings. The van der Waals surface area contributed by atoms with Gasteiger partial charge in [-0.2, -0.15) is 0 Å². The number of carbonyl (C=O) groups is 2. The zero-order valence-electron chi connectivity index (χ0n) is 18.5. The van der Waals surface area contributed by atoms with Crippen LogP contribution in [-0.2, 0) is 0 Å². The molecule has 2 N–H and O–H groups in total. The summed E-state index contributed by atoms with van der Waals surface area (Å²) in [4.78, 5) is 27.4. The summed E-state index contributed by atoms with van der Waals surface area (Å²) in [6, 6.07) is 26.0. The van der Waals surface area contributed by atoms with Crippen LogP contribution in [0.2, 0.25) is 0 Å². The maximum absolute atomic E-state index is 13.7. The van der Waals surface area contributed by atoms with Crippen LogP contribution in [0.4, 0.5) is 22.7 Å². The van der Waals surface area contributed by atoms with Gasteiger partial charge in [-0.05, 0) is 35.4 Å². The molecule has 4 heteroatoms. The fraction of sp³-hybridized carbons (Fsp3) is 0. The summed E-state index contributed by atoms with van der Waals surface area (Å²) in [5.41, 5.74) is 6.05. The van der Waals surface area contributed by atoms with E-state index < -0.39 is 0 Å². The zero-order chi connectivity index (χ0) is 23.7. The number of hydrogen-bond acceptors (Lipinski definition) is 4. The van der Waals surface area contributed by atoms with Crippen LogP contribution in [0, 0.1) is 0 Å². The minimum Gasteiger partial charge on any atom is -0.354 e. The standard InChI is InChI=1S/C30H22N2O2/c1-3-19-11-5-9-15-23(19)31-25-17-18-26(32-24-16-10-6-12-20(24)4-2)28-27(25)29(33)21-13-7-8-14-22(21)30(28)34/h3-18,31-32H,1-2H2. The summed E-state index contributed by atoms with van der Waals surface area (Å²) in [6.07, 6.45) is 3.50. The molecule has 0 aromatic heterocycles. The quantitative estimate of drug-likeness (QED) is 0.291. The van der Waals surface area contributed by atoms with Crippen molar-refractivity contribution in [2.24, 2.45) is 0 Å². The topological polar surface area (TPSA) is 58.2 Å². The van der Waals surface area contributed by atoms with Crippen molar-refractivity contribution < 1.29 is 9.59 Å². The van der Waals surface area contributed by atoms with Gasteiger partial charge in [-0.25, -0.2) is 0 Å². The molecule has 0 saturated heterocycles. The van der Waals surface area contributed by atoms with E-state index in [2.05, 4.69) is 23.8 Å². The smallest absolute Gasteiger partial charge is 0.196 e. The molecule has 0 atom stereocenters. The fourth-order valence-electron chi connectivity index (χ4n) is 4.30. The second-order valence-electron chi connectivity index (χ2n) is 7.95. The third kappa shape index (κ3) is 3.51. The molecule has 0 aliphatic heterocycles. The molecule has 0 saturated carbocycles. The summed E-state index contributed by atoms with van der Waals surface area (Å²) >= 11 is 0. The van der Waals surface area contributed by atoms with Gasteiger partial charge in [-0.3, -0.25) is 9.59 Å². The van der Waals surface area contributed by atoms with E-state index >= 15 is 0 Å². The number of nitrogens with one attached hydrogen (secondary N) is 2. The van der Waals surface area contributed by atoms with Gasteiger partial charge in [0.05, 0.1) is 22.5 Å². The van der Waals surface area contributed by atoms with E-state index in [-0.39, 0.29) is 11.6 Å². The van der Waals surface area contributed by atoms with Crippen molar-refractivity contribution >= 4 is 46.5 Å². The van der Waals surface area contributed by atoms with Gasteiger partial charge in [0.1, 0.15) is 0 Å². The Kier molecular flexibility index (Phi) is 5.40. The van der Waals surface area contributed by atoms with Crippen molar-refractivity contribution in [2.45, 2.75) is 0 Å². The van der Waals surface area contributed by atoms with E-state index in [1.54, 1.807) is 36.4 Å². The first-order valence-corrected chi connectivity index (χ1v) is 10.9. The van der Waals surface area contributed by atoms with Crippen LogP contribution in [0.25, 0.3) is 12.2 Å². The van der Waals surface area contributed by atoms with E-state index in [0.29, 0.717) is 33.6 Å². The minimum atomic E-state index is -0.190. The Morgan fingerprint density at radius 2 is 0.882 bits per heavy atom. The lowest BCUT2D eigenvalue weighted by Gasteiger charge is -2.24. The molecule has 34 heavy (non-hydrogen) atoms. The normalized spacial score (nSPS) is 11.9. The van der Waals surface area contributed by atoms with Crippen molar-refractivity contribution in [2.75, 3.05) is 10.6 Å². The Bertz CT molecular complexity index is 1370. The fourth-order valence-corrected chi connectivity index (χ4v) is 4.30. The van der Waals surface area contributed by atoms with Crippen LogP contribution < -0.4 is 10.6 Å². The van der Waals surface area contributed by atoms with Gasteiger partial charge in [0.15, 0.2) is 11.6 Å². The monoisotopic (exact) mass is 442 g/mol. The second-order valence-corrected chi connectivity index (χ2v) is 7.95. The molecular weight excluding hydrogens is 420 g/mol. The molecule has 0 bridgehead atoms. The Balaban J connectivity index is 1.70. The Morgan fingerprint density at radius 3 is 1.29 bits per heavy atom. The molecule has 0 radical (unpaired) electrons. The molecule has 0 heterocycles. The van der Waals surface area contributed by atoms with Crippen molar-refractivity contribution in [3.63, 3.8) is 0 Å². The van der Waals surface area contributed by atoms with Crippen LogP contribution in [0.5, 0.6) is 0 Å². The molecule has 164 valence electrons. The lowest BCUT2D eigenvalue weighted by atomic mass is 9.82. The van der Waals surface area contributed by atoms with Crippen molar-refractivity contribution in [1.29, 1.82) is 0 Å². The lowest BCUT2D eigenvalue weighted by Crippen LogP contribution is -2.23. The van der Waals surface area contributed by atoms with Crippen LogP contribution in [-0.4, -0.2) is 11.6 Å². The average Bonchev–Trinajstić information content (AvgIpc) is 2.88. The second kappa shape index (κ2) is 8.68. The first kappa shape index (κ1) is 21.2. The predicted octanol–water partition coefficient (Wildman–Crippen LogP) is 7.24. The number of carbonyl (C=O) groups excluding carboxylic acids is 2. The van der Waals surface area contributed by atoms with E-state index in [0.717, 1.165) is 22.5 Å². The van der Waals surface area contributed by atoms with Crippen LogP contribution in [0.3, 0.4) is 0 Å². The number of rotatable bonds is 6. The molecule has 5 rings (SSSR count). The van der Waals surface area contributed by atoms with Crippen LogP contribution in [0.1, 0.15) is 43.0 Å². The Labute approximate surface area is 198 Å². The molecule has 4 nitrogen and oxygen atoms in total. The van der Waals surface area contributed by atoms with Gasteiger partial charge in [0, 0.05) is 22.5 Å². The number of benzene rings is 4.